The third-order valence-corrected chi connectivity index (χ3v) is 3.21. The highest BCUT2D eigenvalue weighted by molar-refractivity contribution is 7.19. The fraction of sp³-hybridized carbons (Fsp3) is 0.300. The molecule has 15 heavy (non-hydrogen) atoms. The van der Waals surface area contributed by atoms with Crippen molar-refractivity contribution >= 4 is 21.6 Å². The minimum atomic E-state index is 0.449. The number of benzene rings is 1. The predicted octanol–water partition coefficient (Wildman–Crippen LogP) is 1.77. The third-order valence-electron chi connectivity index (χ3n) is 2.10. The van der Waals surface area contributed by atoms with Crippen LogP contribution in [0.3, 0.4) is 0 Å². The average molecular weight is 224 g/mol. The molecule has 80 valence electrons. The summed E-state index contributed by atoms with van der Waals surface area (Å²) in [6.07, 6.45) is 0. The predicted molar refractivity (Wildman–Crippen MR) is 60.6 cm³/mol. The van der Waals surface area contributed by atoms with Crippen LogP contribution in [0, 0.1) is 0 Å². The van der Waals surface area contributed by atoms with Crippen molar-refractivity contribution in [3.8, 4) is 11.5 Å². The number of rotatable bonds is 3. The Labute approximate surface area is 91.6 Å². The van der Waals surface area contributed by atoms with E-state index in [0.29, 0.717) is 6.54 Å². The molecule has 0 fully saturated rings. The number of fused-ring (bicyclic) bond motifs is 1. The van der Waals surface area contributed by atoms with Gasteiger partial charge in [0.2, 0.25) is 0 Å². The highest BCUT2D eigenvalue weighted by atomic mass is 32.1. The normalized spacial score (nSPS) is 10.6. The Balaban J connectivity index is 2.66. The maximum absolute atomic E-state index is 5.55. The molecule has 2 rings (SSSR count). The Bertz CT molecular complexity index is 481. The Kier molecular flexibility index (Phi) is 2.75. The second-order valence-electron chi connectivity index (χ2n) is 2.99. The number of hydrogen-bond donors (Lipinski definition) is 1. The van der Waals surface area contributed by atoms with Crippen LogP contribution in [0.4, 0.5) is 0 Å². The molecular weight excluding hydrogens is 212 g/mol. The average Bonchev–Trinajstić information content (AvgIpc) is 2.70. The first kappa shape index (κ1) is 10.2. The van der Waals surface area contributed by atoms with E-state index < -0.39 is 0 Å². The number of aromatic nitrogens is 1. The van der Waals surface area contributed by atoms with E-state index in [1.807, 2.05) is 12.1 Å². The SMILES string of the molecule is COc1cc(OC)c2sc(CN)nc2c1. The molecule has 0 amide bonds. The molecule has 5 heteroatoms. The van der Waals surface area contributed by atoms with Gasteiger partial charge in [-0.2, -0.15) is 0 Å². The molecule has 0 radical (unpaired) electrons. The zero-order chi connectivity index (χ0) is 10.8. The van der Waals surface area contributed by atoms with Gasteiger partial charge in [-0.3, -0.25) is 0 Å². The minimum absolute atomic E-state index is 0.449. The Morgan fingerprint density at radius 1 is 1.33 bits per heavy atom. The molecule has 0 saturated carbocycles. The number of nitrogens with zero attached hydrogens (tertiary/aromatic N) is 1. The molecule has 1 aromatic carbocycles. The number of nitrogens with two attached hydrogens (primary N) is 1. The fourth-order valence-corrected chi connectivity index (χ4v) is 2.30. The highest BCUT2D eigenvalue weighted by Gasteiger charge is 2.10. The first-order valence-corrected chi connectivity index (χ1v) is 5.31. The third kappa shape index (κ3) is 1.75. The topological polar surface area (TPSA) is 57.4 Å². The second-order valence-corrected chi connectivity index (χ2v) is 4.07. The van der Waals surface area contributed by atoms with Crippen LogP contribution >= 0.6 is 11.3 Å². The summed E-state index contributed by atoms with van der Waals surface area (Å²) < 4.78 is 11.5. The summed E-state index contributed by atoms with van der Waals surface area (Å²) in [7, 11) is 3.26. The van der Waals surface area contributed by atoms with E-state index in [1.165, 1.54) is 0 Å². The lowest BCUT2D eigenvalue weighted by Gasteiger charge is -2.03. The van der Waals surface area contributed by atoms with E-state index in [9.17, 15) is 0 Å². The zero-order valence-electron chi connectivity index (χ0n) is 8.61. The van der Waals surface area contributed by atoms with E-state index in [-0.39, 0.29) is 0 Å². The molecule has 1 heterocycles. The summed E-state index contributed by atoms with van der Waals surface area (Å²) in [6.45, 7) is 0.449. The van der Waals surface area contributed by atoms with Crippen LogP contribution in [0.25, 0.3) is 10.2 Å². The van der Waals surface area contributed by atoms with Crippen molar-refractivity contribution < 1.29 is 9.47 Å². The van der Waals surface area contributed by atoms with Crippen molar-refractivity contribution in [2.45, 2.75) is 6.54 Å². The summed E-state index contributed by atoms with van der Waals surface area (Å²) in [4.78, 5) is 4.38. The van der Waals surface area contributed by atoms with E-state index in [4.69, 9.17) is 15.2 Å². The van der Waals surface area contributed by atoms with Gasteiger partial charge in [0, 0.05) is 18.7 Å². The van der Waals surface area contributed by atoms with Crippen molar-refractivity contribution in [2.24, 2.45) is 5.73 Å². The molecule has 0 atom stereocenters. The van der Waals surface area contributed by atoms with Crippen LogP contribution in [-0.4, -0.2) is 19.2 Å². The first-order chi connectivity index (χ1) is 7.28. The molecule has 1 aromatic heterocycles. The van der Waals surface area contributed by atoms with Gasteiger partial charge in [-0.1, -0.05) is 0 Å². The van der Waals surface area contributed by atoms with Gasteiger partial charge in [0.1, 0.15) is 16.5 Å². The molecule has 2 aromatic rings. The number of thiazole rings is 1. The van der Waals surface area contributed by atoms with Gasteiger partial charge >= 0.3 is 0 Å². The van der Waals surface area contributed by atoms with Gasteiger partial charge in [0.05, 0.1) is 24.4 Å². The van der Waals surface area contributed by atoms with Crippen molar-refractivity contribution in [1.29, 1.82) is 0 Å². The molecule has 4 nitrogen and oxygen atoms in total. The molecule has 0 bridgehead atoms. The summed E-state index contributed by atoms with van der Waals surface area (Å²) in [5.74, 6) is 1.52. The van der Waals surface area contributed by atoms with Gasteiger partial charge in [0.15, 0.2) is 0 Å². The summed E-state index contributed by atoms with van der Waals surface area (Å²) >= 11 is 1.55. The van der Waals surface area contributed by atoms with E-state index in [1.54, 1.807) is 25.6 Å². The fourth-order valence-electron chi connectivity index (χ4n) is 1.38. The van der Waals surface area contributed by atoms with E-state index >= 15 is 0 Å². The van der Waals surface area contributed by atoms with Crippen LogP contribution in [-0.2, 0) is 6.54 Å². The molecule has 0 saturated heterocycles. The lowest BCUT2D eigenvalue weighted by Crippen LogP contribution is -1.93. The molecule has 0 aliphatic carbocycles. The number of ether oxygens (including phenoxy) is 2. The van der Waals surface area contributed by atoms with Gasteiger partial charge in [-0.15, -0.1) is 11.3 Å². The molecule has 0 aliphatic rings. The standard InChI is InChI=1S/C10H12N2O2S/c1-13-6-3-7-10(8(4-6)14-2)15-9(5-11)12-7/h3-4H,5,11H2,1-2H3. The largest absolute Gasteiger partial charge is 0.497 e. The summed E-state index contributed by atoms with van der Waals surface area (Å²) in [5, 5.41) is 0.900. The maximum atomic E-state index is 5.55. The van der Waals surface area contributed by atoms with Crippen LogP contribution in [0.1, 0.15) is 5.01 Å². The van der Waals surface area contributed by atoms with E-state index in [0.717, 1.165) is 26.7 Å². The van der Waals surface area contributed by atoms with Gasteiger partial charge in [-0.25, -0.2) is 4.98 Å². The molecule has 0 aliphatic heterocycles. The molecule has 0 spiro atoms. The van der Waals surface area contributed by atoms with Gasteiger partial charge in [-0.05, 0) is 0 Å². The molecule has 2 N–H and O–H groups in total. The smallest absolute Gasteiger partial charge is 0.142 e. The second kappa shape index (κ2) is 4.04. The Morgan fingerprint density at radius 3 is 2.73 bits per heavy atom. The monoisotopic (exact) mass is 224 g/mol. The van der Waals surface area contributed by atoms with Gasteiger partial charge in [0.25, 0.3) is 0 Å². The lowest BCUT2D eigenvalue weighted by atomic mass is 10.3. The Morgan fingerprint density at radius 2 is 2.13 bits per heavy atom. The number of methoxy groups -OCH3 is 2. The van der Waals surface area contributed by atoms with Crippen LogP contribution in [0.2, 0.25) is 0 Å². The van der Waals surface area contributed by atoms with Crippen molar-refractivity contribution in [2.75, 3.05) is 14.2 Å². The lowest BCUT2D eigenvalue weighted by molar-refractivity contribution is 0.398. The Hall–Kier alpha value is -1.33. The minimum Gasteiger partial charge on any atom is -0.497 e. The first-order valence-electron chi connectivity index (χ1n) is 4.50. The highest BCUT2D eigenvalue weighted by Crippen LogP contribution is 2.34. The van der Waals surface area contributed by atoms with E-state index in [2.05, 4.69) is 4.98 Å². The summed E-state index contributed by atoms with van der Waals surface area (Å²) in [5.41, 5.74) is 6.42. The quantitative estimate of drug-likeness (QED) is 0.863. The molecule has 0 unspecified atom stereocenters. The van der Waals surface area contributed by atoms with Crippen LogP contribution in [0.15, 0.2) is 12.1 Å². The maximum Gasteiger partial charge on any atom is 0.142 e. The zero-order valence-corrected chi connectivity index (χ0v) is 9.43. The summed E-state index contributed by atoms with van der Waals surface area (Å²) in [6, 6.07) is 3.73. The van der Waals surface area contributed by atoms with Crippen molar-refractivity contribution in [1.82, 2.24) is 4.98 Å². The van der Waals surface area contributed by atoms with Crippen molar-refractivity contribution in [3.05, 3.63) is 17.1 Å². The molecular formula is C10H12N2O2S. The van der Waals surface area contributed by atoms with Crippen molar-refractivity contribution in [3.63, 3.8) is 0 Å². The van der Waals surface area contributed by atoms with Crippen LogP contribution in [0.5, 0.6) is 11.5 Å². The number of hydrogen-bond acceptors (Lipinski definition) is 5. The van der Waals surface area contributed by atoms with Gasteiger partial charge < -0.3 is 15.2 Å². The van der Waals surface area contributed by atoms with Crippen LogP contribution < -0.4 is 15.2 Å².